The van der Waals surface area contributed by atoms with Gasteiger partial charge in [-0.3, -0.25) is 25.0 Å². The Morgan fingerprint density at radius 2 is 1.68 bits per heavy atom. The molecule has 0 aromatic rings. The van der Waals surface area contributed by atoms with Crippen molar-refractivity contribution in [1.82, 2.24) is 20.9 Å². The van der Waals surface area contributed by atoms with Crippen LogP contribution >= 0.6 is 23.5 Å². The molecule has 0 radical (unpaired) electrons. The van der Waals surface area contributed by atoms with Gasteiger partial charge in [0, 0.05) is 13.0 Å². The molecule has 14 heteroatoms. The van der Waals surface area contributed by atoms with E-state index in [1.165, 1.54) is 0 Å². The summed E-state index contributed by atoms with van der Waals surface area (Å²) in [4.78, 5) is 40.5. The third-order valence-electron chi connectivity index (χ3n) is 6.91. The zero-order valence-corrected chi connectivity index (χ0v) is 26.9. The minimum Gasteiger partial charge on any atom is -0.480 e. The van der Waals surface area contributed by atoms with E-state index in [-0.39, 0.29) is 9.99 Å². The topological polar surface area (TPSA) is 181 Å². The van der Waals surface area contributed by atoms with Crippen LogP contribution in [0.25, 0.3) is 0 Å². The number of carboxylic acid groups (broad SMARTS) is 1. The van der Waals surface area contributed by atoms with Gasteiger partial charge in [-0.15, -0.1) is 23.5 Å². The van der Waals surface area contributed by atoms with Crippen molar-refractivity contribution in [2.24, 2.45) is 5.41 Å². The van der Waals surface area contributed by atoms with Crippen molar-refractivity contribution in [3.8, 4) is 0 Å². The standard InChI is InChI=1S/C27H50N4O8S2/c1-8-10-16(19(34)22(36)28-14-18(32)33)29-21(35)17-13-27(40-11-9-12-41-27)15-31(17)23(37)20(25(2,3)4)30-24(38)39-26(5,6)7/h16-17,19-20,22,24,28,30,34,36,38H,8-15H2,1-7H3,(H,29,35)(H,32,33)/t16?,17?,19-,20?,22+,24+/m1/s1. The molecule has 238 valence electrons. The van der Waals surface area contributed by atoms with Crippen molar-refractivity contribution < 1.29 is 39.5 Å². The lowest BCUT2D eigenvalue weighted by atomic mass is 9.85. The fourth-order valence-electron chi connectivity index (χ4n) is 4.95. The molecule has 2 heterocycles. The number of aliphatic hydroxyl groups excluding tert-OH is 3. The Kier molecular flexibility index (Phi) is 13.2. The largest absolute Gasteiger partial charge is 0.480 e. The SMILES string of the molecule is CCCC(NC(=O)C1CC2(CN1C(=O)C(N[C@@H](O)OC(C)(C)C)C(C)(C)C)SCCCS2)[C@@H](O)[C@H](O)NCC(=O)O. The second-order valence-electron chi connectivity index (χ2n) is 12.8. The Bertz CT molecular complexity index is 892. The first-order valence-electron chi connectivity index (χ1n) is 14.2. The second kappa shape index (κ2) is 15.0. The molecule has 41 heavy (non-hydrogen) atoms. The average Bonchev–Trinajstić information content (AvgIpc) is 3.22. The quantitative estimate of drug-likeness (QED) is 0.144. The highest BCUT2D eigenvalue weighted by atomic mass is 32.2. The lowest BCUT2D eigenvalue weighted by Gasteiger charge is -2.38. The molecular weight excluding hydrogens is 572 g/mol. The highest BCUT2D eigenvalue weighted by Gasteiger charge is 2.52. The number of rotatable bonds is 13. The molecule has 7 N–H and O–H groups in total. The molecule has 2 aliphatic rings. The van der Waals surface area contributed by atoms with E-state index in [0.717, 1.165) is 17.9 Å². The minimum absolute atomic E-state index is 0.330. The van der Waals surface area contributed by atoms with Gasteiger partial charge < -0.3 is 35.4 Å². The molecule has 0 aliphatic carbocycles. The van der Waals surface area contributed by atoms with Crippen LogP contribution in [0.2, 0.25) is 0 Å². The summed E-state index contributed by atoms with van der Waals surface area (Å²) in [7, 11) is 0. The number of carbonyl (C=O) groups excluding carboxylic acids is 2. The predicted molar refractivity (Wildman–Crippen MR) is 160 cm³/mol. The summed E-state index contributed by atoms with van der Waals surface area (Å²) in [5, 5.41) is 48.7. The summed E-state index contributed by atoms with van der Waals surface area (Å²) in [6, 6.07) is -2.59. The highest BCUT2D eigenvalue weighted by Crippen LogP contribution is 2.50. The number of amides is 2. The van der Waals surface area contributed by atoms with Gasteiger partial charge in [0.15, 0.2) is 0 Å². The van der Waals surface area contributed by atoms with Gasteiger partial charge in [0.05, 0.1) is 28.3 Å². The van der Waals surface area contributed by atoms with Gasteiger partial charge in [-0.25, -0.2) is 0 Å². The molecule has 3 unspecified atom stereocenters. The summed E-state index contributed by atoms with van der Waals surface area (Å²) in [5.41, 5.74) is -1.30. The van der Waals surface area contributed by atoms with E-state index < -0.39 is 66.3 Å². The van der Waals surface area contributed by atoms with E-state index in [0.29, 0.717) is 25.8 Å². The number of nitrogens with one attached hydrogen (secondary N) is 3. The number of carbonyl (C=O) groups is 3. The van der Waals surface area contributed by atoms with Crippen LogP contribution < -0.4 is 16.0 Å². The molecular formula is C27H50N4O8S2. The Balaban J connectivity index is 2.33. The maximum atomic E-state index is 14.2. The van der Waals surface area contributed by atoms with Crippen LogP contribution in [-0.2, 0) is 19.1 Å². The lowest BCUT2D eigenvalue weighted by molar-refractivity contribution is -0.192. The van der Waals surface area contributed by atoms with Crippen molar-refractivity contribution in [2.45, 2.75) is 121 Å². The molecule has 6 atom stereocenters. The maximum absolute atomic E-state index is 14.2. The van der Waals surface area contributed by atoms with Crippen LogP contribution in [0.4, 0.5) is 0 Å². The van der Waals surface area contributed by atoms with Crippen molar-refractivity contribution in [3.05, 3.63) is 0 Å². The predicted octanol–water partition coefficient (Wildman–Crippen LogP) is 0.887. The van der Waals surface area contributed by atoms with Gasteiger partial charge in [0.25, 0.3) is 0 Å². The molecule has 1 spiro atoms. The maximum Gasteiger partial charge on any atom is 0.317 e. The third-order valence-corrected chi connectivity index (χ3v) is 10.2. The molecule has 0 saturated carbocycles. The molecule has 2 rings (SSSR count). The van der Waals surface area contributed by atoms with Crippen LogP contribution in [0.3, 0.4) is 0 Å². The van der Waals surface area contributed by atoms with Crippen LogP contribution in [0.15, 0.2) is 0 Å². The monoisotopic (exact) mass is 622 g/mol. The summed E-state index contributed by atoms with van der Waals surface area (Å²) in [5.74, 6) is -0.153. The number of thioether (sulfide) groups is 2. The van der Waals surface area contributed by atoms with Crippen molar-refractivity contribution >= 4 is 41.3 Å². The number of ether oxygens (including phenoxy) is 1. The zero-order chi connectivity index (χ0) is 31.2. The number of carboxylic acids is 1. The first kappa shape index (κ1) is 36.1. The smallest absolute Gasteiger partial charge is 0.317 e. The number of likely N-dealkylation sites (tertiary alicyclic amines) is 1. The normalized spacial score (nSPS) is 23.1. The Morgan fingerprint density at radius 3 is 2.20 bits per heavy atom. The molecule has 2 fully saturated rings. The zero-order valence-electron chi connectivity index (χ0n) is 25.3. The van der Waals surface area contributed by atoms with Crippen molar-refractivity contribution in [1.29, 1.82) is 0 Å². The molecule has 12 nitrogen and oxygen atoms in total. The summed E-state index contributed by atoms with van der Waals surface area (Å²) in [6.45, 7) is 12.6. The molecule has 2 amide bonds. The van der Waals surface area contributed by atoms with E-state index >= 15 is 0 Å². The summed E-state index contributed by atoms with van der Waals surface area (Å²) in [6.07, 6.45) is -2.09. The fourth-order valence-corrected chi connectivity index (χ4v) is 8.30. The van der Waals surface area contributed by atoms with E-state index in [2.05, 4.69) is 16.0 Å². The Morgan fingerprint density at radius 1 is 1.07 bits per heavy atom. The van der Waals surface area contributed by atoms with E-state index in [1.807, 2.05) is 27.7 Å². The Labute approximate surface area is 252 Å². The van der Waals surface area contributed by atoms with Gasteiger partial charge >= 0.3 is 5.97 Å². The van der Waals surface area contributed by atoms with Gasteiger partial charge in [-0.1, -0.05) is 34.1 Å². The number of aliphatic carboxylic acids is 1. The first-order chi connectivity index (χ1) is 18.9. The van der Waals surface area contributed by atoms with Gasteiger partial charge in [0.2, 0.25) is 18.2 Å². The summed E-state index contributed by atoms with van der Waals surface area (Å²) >= 11 is 3.49. The van der Waals surface area contributed by atoms with Crippen molar-refractivity contribution in [3.63, 3.8) is 0 Å². The van der Waals surface area contributed by atoms with Gasteiger partial charge in [-0.2, -0.15) is 0 Å². The van der Waals surface area contributed by atoms with E-state index in [9.17, 15) is 29.7 Å². The molecule has 0 aromatic carbocycles. The third kappa shape index (κ3) is 10.8. The van der Waals surface area contributed by atoms with Crippen LogP contribution in [0.5, 0.6) is 0 Å². The molecule has 0 aromatic heterocycles. The van der Waals surface area contributed by atoms with Gasteiger partial charge in [-0.05, 0) is 50.5 Å². The number of aliphatic hydroxyl groups is 3. The lowest BCUT2D eigenvalue weighted by Crippen LogP contribution is -2.61. The number of hydrogen-bond acceptors (Lipinski definition) is 11. The average molecular weight is 623 g/mol. The first-order valence-corrected chi connectivity index (χ1v) is 16.2. The molecule has 0 bridgehead atoms. The van der Waals surface area contributed by atoms with Crippen LogP contribution in [-0.4, -0.2) is 114 Å². The number of hydrogen-bond donors (Lipinski definition) is 7. The number of nitrogens with zero attached hydrogens (tertiary/aromatic N) is 1. The summed E-state index contributed by atoms with van der Waals surface area (Å²) < 4.78 is 5.25. The Hall–Kier alpha value is -1.13. The fraction of sp³-hybridized carbons (Fsp3) is 0.889. The molecule has 2 saturated heterocycles. The second-order valence-corrected chi connectivity index (χ2v) is 16.0. The van der Waals surface area contributed by atoms with Crippen LogP contribution in [0, 0.1) is 5.41 Å². The molecule has 2 aliphatic heterocycles. The van der Waals surface area contributed by atoms with Gasteiger partial charge in [0.1, 0.15) is 18.4 Å². The van der Waals surface area contributed by atoms with E-state index in [4.69, 9.17) is 9.84 Å². The van der Waals surface area contributed by atoms with Crippen molar-refractivity contribution in [2.75, 3.05) is 24.6 Å². The highest BCUT2D eigenvalue weighted by molar-refractivity contribution is 8.18. The van der Waals surface area contributed by atoms with Crippen LogP contribution in [0.1, 0.15) is 74.1 Å². The minimum atomic E-state index is -1.57. The van der Waals surface area contributed by atoms with E-state index in [1.54, 1.807) is 49.2 Å².